The van der Waals surface area contributed by atoms with E-state index in [1.54, 1.807) is 47.0 Å². The Kier molecular flexibility index (Phi) is 7.15. The molecule has 1 aromatic heterocycles. The second-order valence-corrected chi connectivity index (χ2v) is 11.3. The molecule has 2 aromatic rings. The molecule has 0 spiro atoms. The largest absolute Gasteiger partial charge is 0.339 e. The van der Waals surface area contributed by atoms with E-state index in [-0.39, 0.29) is 16.6 Å². The Balaban J connectivity index is 1.50. The molecule has 0 saturated carbocycles. The summed E-state index contributed by atoms with van der Waals surface area (Å²) in [4.78, 5) is 14.4. The fraction of sp³-hybridized carbons (Fsp3) is 0.438. The van der Waals surface area contributed by atoms with Crippen LogP contribution in [0.25, 0.3) is 0 Å². The number of hydrogen-bond acceptors (Lipinski definition) is 8. The van der Waals surface area contributed by atoms with Gasteiger partial charge in [-0.2, -0.15) is 4.31 Å². The maximum absolute atomic E-state index is 12.6. The van der Waals surface area contributed by atoms with E-state index in [2.05, 4.69) is 17.1 Å². The monoisotopic (exact) mass is 444 g/mol. The van der Waals surface area contributed by atoms with Gasteiger partial charge in [-0.05, 0) is 17.9 Å². The van der Waals surface area contributed by atoms with Crippen LogP contribution >= 0.6 is 34.9 Å². The predicted octanol–water partition coefficient (Wildman–Crippen LogP) is 2.28. The summed E-state index contributed by atoms with van der Waals surface area (Å²) in [5.74, 6) is 1.22. The second-order valence-electron chi connectivity index (χ2n) is 5.65. The minimum absolute atomic E-state index is 0.00310. The van der Waals surface area contributed by atoms with Crippen molar-refractivity contribution in [1.82, 2.24) is 19.4 Å². The van der Waals surface area contributed by atoms with Crippen LogP contribution in [0.1, 0.15) is 6.92 Å². The lowest BCUT2D eigenvalue weighted by Crippen LogP contribution is -2.50. The number of thioether (sulfide) groups is 2. The Hall–Kier alpha value is -1.14. The average Bonchev–Trinajstić information content (AvgIpc) is 3.15. The third-order valence-electron chi connectivity index (χ3n) is 3.95. The van der Waals surface area contributed by atoms with Crippen molar-refractivity contribution in [2.24, 2.45) is 0 Å². The minimum Gasteiger partial charge on any atom is -0.339 e. The van der Waals surface area contributed by atoms with Gasteiger partial charge in [0.2, 0.25) is 15.9 Å². The lowest BCUT2D eigenvalue weighted by molar-refractivity contribution is -0.129. The molecule has 0 radical (unpaired) electrons. The number of carbonyl (C=O) groups excluding carboxylic acids is 1. The van der Waals surface area contributed by atoms with Gasteiger partial charge in [-0.25, -0.2) is 8.42 Å². The standard InChI is InChI=1S/C16H20N4O3S4/c1-2-24-15-17-18-16(26-15)25-12-14(21)19-8-10-20(11-9-19)27(22,23)13-6-4-3-5-7-13/h3-7H,2,8-12H2,1H3. The molecule has 7 nitrogen and oxygen atoms in total. The van der Waals surface area contributed by atoms with Crippen LogP contribution in [-0.2, 0) is 14.8 Å². The molecule has 0 N–H and O–H groups in total. The summed E-state index contributed by atoms with van der Waals surface area (Å²) in [6, 6.07) is 8.39. The normalized spacial score (nSPS) is 15.8. The molecule has 1 saturated heterocycles. The number of amides is 1. The zero-order valence-electron chi connectivity index (χ0n) is 14.8. The van der Waals surface area contributed by atoms with Gasteiger partial charge in [0.25, 0.3) is 0 Å². The first kappa shape index (κ1) is 20.6. The highest BCUT2D eigenvalue weighted by molar-refractivity contribution is 8.03. The molecular formula is C16H20N4O3S4. The number of rotatable bonds is 7. The quantitative estimate of drug-likeness (QED) is 0.606. The third-order valence-corrected chi connectivity index (χ3v) is 8.92. The van der Waals surface area contributed by atoms with Gasteiger partial charge in [-0.3, -0.25) is 4.79 Å². The van der Waals surface area contributed by atoms with Crippen molar-refractivity contribution in [2.75, 3.05) is 37.7 Å². The van der Waals surface area contributed by atoms with Gasteiger partial charge >= 0.3 is 0 Å². The van der Waals surface area contributed by atoms with Crippen LogP contribution in [0.3, 0.4) is 0 Å². The van der Waals surface area contributed by atoms with Crippen molar-refractivity contribution in [2.45, 2.75) is 20.5 Å². The number of sulfonamides is 1. The maximum atomic E-state index is 12.6. The van der Waals surface area contributed by atoms with Crippen LogP contribution in [-0.4, -0.2) is 71.4 Å². The van der Waals surface area contributed by atoms with E-state index in [1.165, 1.54) is 27.4 Å². The smallest absolute Gasteiger partial charge is 0.243 e. The van der Waals surface area contributed by atoms with Crippen molar-refractivity contribution in [3.8, 4) is 0 Å². The van der Waals surface area contributed by atoms with Crippen molar-refractivity contribution >= 4 is 50.8 Å². The van der Waals surface area contributed by atoms with Crippen LogP contribution in [0.2, 0.25) is 0 Å². The number of carbonyl (C=O) groups is 1. The first-order chi connectivity index (χ1) is 13.0. The van der Waals surface area contributed by atoms with Crippen molar-refractivity contribution in [1.29, 1.82) is 0 Å². The third kappa shape index (κ3) is 5.23. The highest BCUT2D eigenvalue weighted by Gasteiger charge is 2.29. The molecule has 1 aliphatic rings. The lowest BCUT2D eigenvalue weighted by Gasteiger charge is -2.34. The van der Waals surface area contributed by atoms with E-state index in [0.717, 1.165) is 14.4 Å². The van der Waals surface area contributed by atoms with E-state index in [4.69, 9.17) is 0 Å². The summed E-state index contributed by atoms with van der Waals surface area (Å²) >= 11 is 4.51. The molecule has 27 heavy (non-hydrogen) atoms. The highest BCUT2D eigenvalue weighted by Crippen LogP contribution is 2.28. The Morgan fingerprint density at radius 2 is 1.70 bits per heavy atom. The van der Waals surface area contributed by atoms with Crippen LogP contribution in [0, 0.1) is 0 Å². The summed E-state index contributed by atoms with van der Waals surface area (Å²) in [5.41, 5.74) is 0. The van der Waals surface area contributed by atoms with Crippen LogP contribution in [0.5, 0.6) is 0 Å². The molecule has 0 bridgehead atoms. The molecular weight excluding hydrogens is 424 g/mol. The summed E-state index contributed by atoms with van der Waals surface area (Å²) in [7, 11) is -3.50. The Bertz CT molecular complexity index is 865. The Morgan fingerprint density at radius 1 is 1.07 bits per heavy atom. The van der Waals surface area contributed by atoms with Crippen LogP contribution in [0.4, 0.5) is 0 Å². The maximum Gasteiger partial charge on any atom is 0.243 e. The molecule has 1 fully saturated rings. The molecule has 11 heteroatoms. The Morgan fingerprint density at radius 3 is 2.33 bits per heavy atom. The SMILES string of the molecule is CCSc1nnc(SCC(=O)N2CCN(S(=O)(=O)c3ccccc3)CC2)s1. The lowest BCUT2D eigenvalue weighted by atomic mass is 10.3. The molecule has 3 rings (SSSR count). The summed E-state index contributed by atoms with van der Waals surface area (Å²) < 4.78 is 28.4. The fourth-order valence-electron chi connectivity index (χ4n) is 2.57. The number of aromatic nitrogens is 2. The second kappa shape index (κ2) is 9.37. The molecule has 0 unspecified atom stereocenters. The van der Waals surface area contributed by atoms with Crippen molar-refractivity contribution in [3.63, 3.8) is 0 Å². The molecule has 0 atom stereocenters. The van der Waals surface area contributed by atoms with E-state index in [9.17, 15) is 13.2 Å². The number of hydrogen-bond donors (Lipinski definition) is 0. The molecule has 146 valence electrons. The van der Waals surface area contributed by atoms with Crippen LogP contribution in [0.15, 0.2) is 43.9 Å². The van der Waals surface area contributed by atoms with Crippen molar-refractivity contribution in [3.05, 3.63) is 30.3 Å². The molecule has 1 aliphatic heterocycles. The van der Waals surface area contributed by atoms with E-state index in [0.29, 0.717) is 26.2 Å². The zero-order valence-corrected chi connectivity index (χ0v) is 18.0. The fourth-order valence-corrected chi connectivity index (χ4v) is 6.83. The first-order valence-corrected chi connectivity index (χ1v) is 12.7. The first-order valence-electron chi connectivity index (χ1n) is 8.43. The van der Waals surface area contributed by atoms with E-state index < -0.39 is 10.0 Å². The van der Waals surface area contributed by atoms with E-state index in [1.807, 2.05) is 0 Å². The van der Waals surface area contributed by atoms with Crippen molar-refractivity contribution < 1.29 is 13.2 Å². The Labute approximate surface area is 171 Å². The van der Waals surface area contributed by atoms with Gasteiger partial charge in [-0.1, -0.05) is 60.0 Å². The van der Waals surface area contributed by atoms with Crippen LogP contribution < -0.4 is 0 Å². The topological polar surface area (TPSA) is 83.5 Å². The molecule has 2 heterocycles. The van der Waals surface area contributed by atoms with Gasteiger partial charge in [0.15, 0.2) is 8.68 Å². The van der Waals surface area contributed by atoms with Gasteiger partial charge < -0.3 is 4.90 Å². The number of benzene rings is 1. The molecule has 1 aromatic carbocycles. The molecule has 0 aliphatic carbocycles. The van der Waals surface area contributed by atoms with Gasteiger partial charge in [-0.15, -0.1) is 10.2 Å². The predicted molar refractivity (Wildman–Crippen MR) is 109 cm³/mol. The van der Waals surface area contributed by atoms with Gasteiger partial charge in [0, 0.05) is 26.2 Å². The highest BCUT2D eigenvalue weighted by atomic mass is 32.2. The molecule has 1 amide bonds. The minimum atomic E-state index is -3.50. The number of nitrogens with zero attached hydrogens (tertiary/aromatic N) is 4. The number of piperazine rings is 1. The summed E-state index contributed by atoms with van der Waals surface area (Å²) in [5, 5.41) is 8.16. The van der Waals surface area contributed by atoms with E-state index >= 15 is 0 Å². The zero-order chi connectivity index (χ0) is 19.3. The summed E-state index contributed by atoms with van der Waals surface area (Å²) in [6.45, 7) is 3.48. The average molecular weight is 445 g/mol. The summed E-state index contributed by atoms with van der Waals surface area (Å²) in [6.07, 6.45) is 0. The van der Waals surface area contributed by atoms with Gasteiger partial charge in [0.1, 0.15) is 0 Å². The van der Waals surface area contributed by atoms with Gasteiger partial charge in [0.05, 0.1) is 10.6 Å².